The van der Waals surface area contributed by atoms with Gasteiger partial charge in [-0.15, -0.1) is 0 Å². The number of nitrogens with zero attached hydrogens (tertiary/aromatic N) is 1. The maximum absolute atomic E-state index is 14.1. The molecule has 2 aromatic carbocycles. The topological polar surface area (TPSA) is 84.9 Å². The van der Waals surface area contributed by atoms with Gasteiger partial charge < -0.3 is 14.8 Å². The molecule has 1 N–H and O–H groups in total. The summed E-state index contributed by atoms with van der Waals surface area (Å²) in [6.07, 6.45) is 6.94. The third-order valence-corrected chi connectivity index (χ3v) is 9.08. The van der Waals surface area contributed by atoms with Crippen molar-refractivity contribution in [2.75, 3.05) is 13.2 Å². The molecule has 0 radical (unpaired) electrons. The third kappa shape index (κ3) is 9.91. The maximum atomic E-state index is 14.1. The summed E-state index contributed by atoms with van der Waals surface area (Å²) in [4.78, 5) is 42.5. The Kier molecular flexibility index (Phi) is 12.0. The highest BCUT2D eigenvalue weighted by molar-refractivity contribution is 5.84. The van der Waals surface area contributed by atoms with Gasteiger partial charge >= 0.3 is 11.9 Å². The molecule has 2 aromatic rings. The van der Waals surface area contributed by atoms with Gasteiger partial charge in [0.25, 0.3) is 0 Å². The number of hydrogen-bond acceptors (Lipinski definition) is 6. The maximum Gasteiger partial charge on any atom is 0.310 e. The molecular weight excluding hydrogens is 552 g/mol. The number of amides is 1. The molecule has 2 fully saturated rings. The molecule has 1 atom stereocenters. The Morgan fingerprint density at radius 3 is 1.93 bits per heavy atom. The summed E-state index contributed by atoms with van der Waals surface area (Å²) >= 11 is 0. The van der Waals surface area contributed by atoms with Crippen LogP contribution >= 0.6 is 0 Å². The molecular formula is C37H52N2O5. The van der Waals surface area contributed by atoms with Crippen LogP contribution < -0.4 is 5.32 Å². The Morgan fingerprint density at radius 2 is 1.43 bits per heavy atom. The molecule has 0 saturated heterocycles. The highest BCUT2D eigenvalue weighted by atomic mass is 16.6. The molecule has 2 saturated carbocycles. The summed E-state index contributed by atoms with van der Waals surface area (Å²) in [7, 11) is 0. The molecule has 7 nitrogen and oxygen atoms in total. The van der Waals surface area contributed by atoms with Gasteiger partial charge in [-0.05, 0) is 83.8 Å². The molecule has 2 aliphatic carbocycles. The zero-order valence-electron chi connectivity index (χ0n) is 27.2. The second-order valence-electron chi connectivity index (χ2n) is 13.8. The molecule has 44 heavy (non-hydrogen) atoms. The van der Waals surface area contributed by atoms with E-state index in [2.05, 4.69) is 34.5 Å². The van der Waals surface area contributed by atoms with Crippen LogP contribution in [-0.2, 0) is 36.9 Å². The van der Waals surface area contributed by atoms with Crippen LogP contribution in [0.15, 0.2) is 60.7 Å². The second-order valence-corrected chi connectivity index (χ2v) is 13.8. The first-order chi connectivity index (χ1) is 21.1. The SMILES string of the molecule is CCOC(=O)C1CCC(NC(=O)C2(CC(CN(Cc3ccccc3)Cc3ccccc3)C(=O)OC(C)(C)C)CCCC2)CC1. The minimum atomic E-state index is -0.623. The van der Waals surface area contributed by atoms with Crippen LogP contribution in [0.4, 0.5) is 0 Å². The Labute approximate surface area is 264 Å². The van der Waals surface area contributed by atoms with Crippen molar-refractivity contribution in [2.24, 2.45) is 17.3 Å². The highest BCUT2D eigenvalue weighted by Crippen LogP contribution is 2.44. The summed E-state index contributed by atoms with van der Waals surface area (Å²) < 4.78 is 11.2. The lowest BCUT2D eigenvalue weighted by Gasteiger charge is -2.37. The standard InChI is InChI=1S/C37H52N2O5/c1-5-43-33(40)30-18-20-32(21-19-30)38-35(42)37(22-12-13-23-37)24-31(34(41)44-36(2,3)4)27-39(25-28-14-8-6-9-15-28)26-29-16-10-7-11-17-29/h6-11,14-17,30-32H,5,12-13,18-27H2,1-4H3,(H,38,42). The Hall–Kier alpha value is -3.19. The van der Waals surface area contributed by atoms with E-state index in [0.717, 1.165) is 51.4 Å². The molecule has 1 amide bonds. The number of benzene rings is 2. The number of carbonyl (C=O) groups is 3. The van der Waals surface area contributed by atoms with Crippen molar-refractivity contribution >= 4 is 17.8 Å². The van der Waals surface area contributed by atoms with Crippen molar-refractivity contribution in [1.82, 2.24) is 10.2 Å². The predicted molar refractivity (Wildman–Crippen MR) is 172 cm³/mol. The van der Waals surface area contributed by atoms with E-state index in [4.69, 9.17) is 9.47 Å². The molecule has 1 unspecified atom stereocenters. The van der Waals surface area contributed by atoms with Gasteiger partial charge in [0, 0.05) is 25.7 Å². The number of rotatable bonds is 13. The van der Waals surface area contributed by atoms with Gasteiger partial charge in [0.2, 0.25) is 5.91 Å². The van der Waals surface area contributed by atoms with Crippen LogP contribution in [0.3, 0.4) is 0 Å². The molecule has 0 spiro atoms. The van der Waals surface area contributed by atoms with E-state index in [9.17, 15) is 14.4 Å². The van der Waals surface area contributed by atoms with Gasteiger partial charge in [-0.3, -0.25) is 19.3 Å². The molecule has 4 rings (SSSR count). The van der Waals surface area contributed by atoms with Crippen molar-refractivity contribution in [3.8, 4) is 0 Å². The first kappa shape index (κ1) is 33.7. The summed E-state index contributed by atoms with van der Waals surface area (Å²) in [6, 6.07) is 20.7. The first-order valence-electron chi connectivity index (χ1n) is 16.6. The minimum absolute atomic E-state index is 0.0401. The smallest absolute Gasteiger partial charge is 0.310 e. The van der Waals surface area contributed by atoms with Crippen molar-refractivity contribution in [3.05, 3.63) is 71.8 Å². The lowest BCUT2D eigenvalue weighted by molar-refractivity contribution is -0.162. The van der Waals surface area contributed by atoms with E-state index < -0.39 is 16.9 Å². The number of esters is 2. The lowest BCUT2D eigenvalue weighted by Crippen LogP contribution is -2.48. The molecule has 0 bridgehead atoms. The highest BCUT2D eigenvalue weighted by Gasteiger charge is 2.46. The Bertz CT molecular complexity index is 1150. The molecule has 7 heteroatoms. The monoisotopic (exact) mass is 604 g/mol. The fourth-order valence-electron chi connectivity index (χ4n) is 6.91. The number of nitrogens with one attached hydrogen (secondary N) is 1. The number of carbonyl (C=O) groups excluding carboxylic acids is 3. The molecule has 0 heterocycles. The number of ether oxygens (including phenoxy) is 2. The van der Waals surface area contributed by atoms with E-state index in [1.54, 1.807) is 0 Å². The van der Waals surface area contributed by atoms with Gasteiger partial charge in [0.05, 0.1) is 23.9 Å². The van der Waals surface area contributed by atoms with Gasteiger partial charge in [0.15, 0.2) is 0 Å². The van der Waals surface area contributed by atoms with E-state index in [-0.39, 0.29) is 29.8 Å². The van der Waals surface area contributed by atoms with Gasteiger partial charge in [-0.1, -0.05) is 73.5 Å². The Morgan fingerprint density at radius 1 is 0.886 bits per heavy atom. The van der Waals surface area contributed by atoms with E-state index in [1.165, 1.54) is 11.1 Å². The van der Waals surface area contributed by atoms with Crippen molar-refractivity contribution in [2.45, 2.75) is 110 Å². The molecule has 2 aliphatic rings. The fraction of sp³-hybridized carbons (Fsp3) is 0.595. The lowest BCUT2D eigenvalue weighted by atomic mass is 9.75. The van der Waals surface area contributed by atoms with Gasteiger partial charge in [0.1, 0.15) is 5.60 Å². The quantitative estimate of drug-likeness (QED) is 0.252. The summed E-state index contributed by atoms with van der Waals surface area (Å²) in [5.74, 6) is -0.843. The first-order valence-corrected chi connectivity index (χ1v) is 16.6. The zero-order valence-corrected chi connectivity index (χ0v) is 27.2. The van der Waals surface area contributed by atoms with Crippen LogP contribution in [-0.4, -0.2) is 47.5 Å². The normalized spacial score (nSPS) is 20.6. The van der Waals surface area contributed by atoms with Crippen LogP contribution in [0.5, 0.6) is 0 Å². The van der Waals surface area contributed by atoms with Crippen LogP contribution in [0.1, 0.15) is 96.6 Å². The summed E-state index contributed by atoms with van der Waals surface area (Å²) in [6.45, 7) is 9.81. The third-order valence-electron chi connectivity index (χ3n) is 9.08. The van der Waals surface area contributed by atoms with Crippen molar-refractivity contribution in [3.63, 3.8) is 0 Å². The van der Waals surface area contributed by atoms with Crippen molar-refractivity contribution in [1.29, 1.82) is 0 Å². The number of hydrogen-bond donors (Lipinski definition) is 1. The summed E-state index contributed by atoms with van der Waals surface area (Å²) in [5.41, 5.74) is 1.13. The van der Waals surface area contributed by atoms with E-state index in [1.807, 2.05) is 64.1 Å². The summed E-state index contributed by atoms with van der Waals surface area (Å²) in [5, 5.41) is 3.36. The van der Waals surface area contributed by atoms with E-state index in [0.29, 0.717) is 32.7 Å². The average molecular weight is 605 g/mol. The Balaban J connectivity index is 1.52. The van der Waals surface area contributed by atoms with E-state index >= 15 is 0 Å². The minimum Gasteiger partial charge on any atom is -0.466 e. The van der Waals surface area contributed by atoms with Crippen molar-refractivity contribution < 1.29 is 23.9 Å². The van der Waals surface area contributed by atoms with Crippen LogP contribution in [0, 0.1) is 17.3 Å². The molecule has 240 valence electrons. The average Bonchev–Trinajstić information content (AvgIpc) is 3.47. The molecule has 0 aliphatic heterocycles. The zero-order chi connectivity index (χ0) is 31.6. The largest absolute Gasteiger partial charge is 0.466 e. The second kappa shape index (κ2) is 15.7. The van der Waals surface area contributed by atoms with Gasteiger partial charge in [-0.25, -0.2) is 0 Å². The van der Waals surface area contributed by atoms with Crippen LogP contribution in [0.2, 0.25) is 0 Å². The van der Waals surface area contributed by atoms with Gasteiger partial charge in [-0.2, -0.15) is 0 Å². The fourth-order valence-corrected chi connectivity index (χ4v) is 6.91. The predicted octanol–water partition coefficient (Wildman–Crippen LogP) is 6.84. The van der Waals surface area contributed by atoms with Crippen LogP contribution in [0.25, 0.3) is 0 Å². The molecule has 0 aromatic heterocycles.